The normalized spacial score (nSPS) is 9.83. The smallest absolute Gasteiger partial charge is 0.214 e. The minimum atomic E-state index is 0.625. The molecule has 0 saturated heterocycles. The number of pyridine rings is 1. The summed E-state index contributed by atoms with van der Waals surface area (Å²) in [6.07, 6.45) is 0.855. The Morgan fingerprint density at radius 1 is 1.50 bits per heavy atom. The number of rotatable bonds is 4. The van der Waals surface area contributed by atoms with Gasteiger partial charge >= 0.3 is 0 Å². The molecule has 0 aliphatic rings. The van der Waals surface area contributed by atoms with Gasteiger partial charge in [0, 0.05) is 6.07 Å². The topological polar surface area (TPSA) is 48.1 Å². The molecule has 0 amide bonds. The van der Waals surface area contributed by atoms with Gasteiger partial charge < -0.3 is 10.5 Å². The second kappa shape index (κ2) is 5.11. The zero-order valence-electron chi connectivity index (χ0n) is 6.66. The van der Waals surface area contributed by atoms with E-state index in [2.05, 4.69) is 20.9 Å². The fraction of sp³-hybridized carbons (Fsp3) is 0.375. The fourth-order valence-electron chi connectivity index (χ4n) is 0.730. The third-order valence-electron chi connectivity index (χ3n) is 1.29. The standard InChI is InChI=1S/C8H11BrN2O/c9-7-3-1-4-8(11-7)12-6-2-5-10/h1,3-4H,2,5-6,10H2. The van der Waals surface area contributed by atoms with E-state index in [4.69, 9.17) is 10.5 Å². The van der Waals surface area contributed by atoms with Crippen molar-refractivity contribution in [3.63, 3.8) is 0 Å². The van der Waals surface area contributed by atoms with Crippen molar-refractivity contribution in [1.82, 2.24) is 4.98 Å². The molecule has 0 spiro atoms. The molecule has 1 rings (SSSR count). The van der Waals surface area contributed by atoms with Gasteiger partial charge in [-0.25, -0.2) is 4.98 Å². The highest BCUT2D eigenvalue weighted by Gasteiger charge is 1.94. The molecule has 2 N–H and O–H groups in total. The van der Waals surface area contributed by atoms with Crippen LogP contribution in [-0.2, 0) is 0 Å². The molecule has 1 aromatic heterocycles. The molecular formula is C8H11BrN2O. The van der Waals surface area contributed by atoms with E-state index >= 15 is 0 Å². The summed E-state index contributed by atoms with van der Waals surface area (Å²) in [4.78, 5) is 4.10. The maximum atomic E-state index is 5.31. The van der Waals surface area contributed by atoms with Crippen molar-refractivity contribution in [2.24, 2.45) is 5.73 Å². The summed E-state index contributed by atoms with van der Waals surface area (Å²) in [5.41, 5.74) is 5.31. The summed E-state index contributed by atoms with van der Waals surface area (Å²) in [5, 5.41) is 0. The van der Waals surface area contributed by atoms with E-state index in [1.165, 1.54) is 0 Å². The molecule has 0 unspecified atom stereocenters. The Kier molecular flexibility index (Phi) is 4.04. The van der Waals surface area contributed by atoms with Gasteiger partial charge in [-0.1, -0.05) is 6.07 Å². The van der Waals surface area contributed by atoms with Gasteiger partial charge in [0.25, 0.3) is 0 Å². The van der Waals surface area contributed by atoms with Gasteiger partial charge in [0.2, 0.25) is 5.88 Å². The van der Waals surface area contributed by atoms with Gasteiger partial charge in [0.1, 0.15) is 4.60 Å². The molecule has 0 saturated carbocycles. The number of aromatic nitrogens is 1. The molecule has 0 aromatic carbocycles. The Hall–Kier alpha value is -0.610. The molecule has 0 fully saturated rings. The van der Waals surface area contributed by atoms with E-state index in [1.54, 1.807) is 0 Å². The highest BCUT2D eigenvalue weighted by Crippen LogP contribution is 2.11. The molecule has 3 nitrogen and oxygen atoms in total. The monoisotopic (exact) mass is 230 g/mol. The van der Waals surface area contributed by atoms with E-state index in [0.717, 1.165) is 11.0 Å². The van der Waals surface area contributed by atoms with Crippen molar-refractivity contribution in [3.05, 3.63) is 22.8 Å². The van der Waals surface area contributed by atoms with Crippen LogP contribution in [0.3, 0.4) is 0 Å². The molecule has 0 aliphatic heterocycles. The Morgan fingerprint density at radius 3 is 3.00 bits per heavy atom. The van der Waals surface area contributed by atoms with Gasteiger partial charge in [-0.3, -0.25) is 0 Å². The minimum absolute atomic E-state index is 0.625. The average molecular weight is 231 g/mol. The molecule has 12 heavy (non-hydrogen) atoms. The minimum Gasteiger partial charge on any atom is -0.478 e. The predicted molar refractivity (Wildman–Crippen MR) is 51.1 cm³/mol. The number of nitrogens with two attached hydrogens (primary N) is 1. The Labute approximate surface area is 80.1 Å². The van der Waals surface area contributed by atoms with Crippen molar-refractivity contribution in [3.8, 4) is 5.88 Å². The molecule has 0 radical (unpaired) electrons. The van der Waals surface area contributed by atoms with Crippen molar-refractivity contribution in [1.29, 1.82) is 0 Å². The lowest BCUT2D eigenvalue weighted by Crippen LogP contribution is -2.06. The van der Waals surface area contributed by atoms with Crippen molar-refractivity contribution < 1.29 is 4.74 Å². The number of hydrogen-bond donors (Lipinski definition) is 1. The van der Waals surface area contributed by atoms with E-state index in [-0.39, 0.29) is 0 Å². The molecule has 1 heterocycles. The summed E-state index contributed by atoms with van der Waals surface area (Å²) in [5.74, 6) is 0.637. The van der Waals surface area contributed by atoms with Crippen LogP contribution < -0.4 is 10.5 Å². The Balaban J connectivity index is 2.41. The molecule has 1 aromatic rings. The van der Waals surface area contributed by atoms with Crippen LogP contribution >= 0.6 is 15.9 Å². The molecule has 0 bridgehead atoms. The maximum Gasteiger partial charge on any atom is 0.214 e. The van der Waals surface area contributed by atoms with Crippen LogP contribution in [0.4, 0.5) is 0 Å². The number of nitrogens with zero attached hydrogens (tertiary/aromatic N) is 1. The molecule has 0 aliphatic carbocycles. The number of hydrogen-bond acceptors (Lipinski definition) is 3. The maximum absolute atomic E-state index is 5.31. The first-order valence-corrected chi connectivity index (χ1v) is 4.57. The summed E-state index contributed by atoms with van der Waals surface area (Å²) in [6, 6.07) is 5.56. The number of ether oxygens (including phenoxy) is 1. The van der Waals surface area contributed by atoms with E-state index < -0.39 is 0 Å². The fourth-order valence-corrected chi connectivity index (χ4v) is 1.06. The molecule has 4 heteroatoms. The predicted octanol–water partition coefficient (Wildman–Crippen LogP) is 1.57. The van der Waals surface area contributed by atoms with E-state index in [9.17, 15) is 0 Å². The molecular weight excluding hydrogens is 220 g/mol. The lowest BCUT2D eigenvalue weighted by Gasteiger charge is -2.03. The zero-order chi connectivity index (χ0) is 8.81. The number of halogens is 1. The largest absolute Gasteiger partial charge is 0.478 e. The second-order valence-electron chi connectivity index (χ2n) is 2.29. The van der Waals surface area contributed by atoms with E-state index in [1.807, 2.05) is 18.2 Å². The highest BCUT2D eigenvalue weighted by molar-refractivity contribution is 9.10. The summed E-state index contributed by atoms with van der Waals surface area (Å²) < 4.78 is 6.09. The van der Waals surface area contributed by atoms with Crippen LogP contribution in [-0.4, -0.2) is 18.1 Å². The first-order chi connectivity index (χ1) is 5.83. The summed E-state index contributed by atoms with van der Waals surface area (Å²) >= 11 is 3.26. The third-order valence-corrected chi connectivity index (χ3v) is 1.73. The lowest BCUT2D eigenvalue weighted by molar-refractivity contribution is 0.301. The summed E-state index contributed by atoms with van der Waals surface area (Å²) in [6.45, 7) is 1.27. The van der Waals surface area contributed by atoms with Gasteiger partial charge in [0.15, 0.2) is 0 Å². The molecule has 66 valence electrons. The average Bonchev–Trinajstić information content (AvgIpc) is 2.05. The van der Waals surface area contributed by atoms with Crippen LogP contribution in [0.2, 0.25) is 0 Å². The van der Waals surface area contributed by atoms with Gasteiger partial charge in [-0.05, 0) is 35.0 Å². The first-order valence-electron chi connectivity index (χ1n) is 3.78. The zero-order valence-corrected chi connectivity index (χ0v) is 8.25. The third kappa shape index (κ3) is 3.19. The van der Waals surface area contributed by atoms with Gasteiger partial charge in [0.05, 0.1) is 6.61 Å². The van der Waals surface area contributed by atoms with Crippen molar-refractivity contribution in [2.75, 3.05) is 13.2 Å². The van der Waals surface area contributed by atoms with Crippen molar-refractivity contribution >= 4 is 15.9 Å². The van der Waals surface area contributed by atoms with Crippen LogP contribution in [0.1, 0.15) is 6.42 Å². The SMILES string of the molecule is NCCCOc1cccc(Br)n1. The quantitative estimate of drug-likeness (QED) is 0.632. The molecule has 0 atom stereocenters. The lowest BCUT2D eigenvalue weighted by atomic mass is 10.4. The Morgan fingerprint density at radius 2 is 2.33 bits per heavy atom. The van der Waals surface area contributed by atoms with Crippen molar-refractivity contribution in [2.45, 2.75) is 6.42 Å². The summed E-state index contributed by atoms with van der Waals surface area (Å²) in [7, 11) is 0. The van der Waals surface area contributed by atoms with Crippen LogP contribution in [0.15, 0.2) is 22.8 Å². The van der Waals surface area contributed by atoms with Gasteiger partial charge in [-0.2, -0.15) is 0 Å². The first kappa shape index (κ1) is 9.48. The second-order valence-corrected chi connectivity index (χ2v) is 3.10. The van der Waals surface area contributed by atoms with Crippen LogP contribution in [0, 0.1) is 0 Å². The Bertz CT molecular complexity index is 242. The highest BCUT2D eigenvalue weighted by atomic mass is 79.9. The van der Waals surface area contributed by atoms with Crippen LogP contribution in [0.5, 0.6) is 5.88 Å². The van der Waals surface area contributed by atoms with E-state index in [0.29, 0.717) is 19.0 Å². The van der Waals surface area contributed by atoms with Gasteiger partial charge in [-0.15, -0.1) is 0 Å². The van der Waals surface area contributed by atoms with Crippen LogP contribution in [0.25, 0.3) is 0 Å².